The molecule has 0 spiro atoms. The highest BCUT2D eigenvalue weighted by molar-refractivity contribution is 7.99. The molecule has 26 heavy (non-hydrogen) atoms. The average Bonchev–Trinajstić information content (AvgIpc) is 2.61. The van der Waals surface area contributed by atoms with Crippen molar-refractivity contribution in [2.45, 2.75) is 32.5 Å². The van der Waals surface area contributed by atoms with E-state index in [2.05, 4.69) is 20.3 Å². The lowest BCUT2D eigenvalue weighted by Crippen LogP contribution is -2.28. The van der Waals surface area contributed by atoms with E-state index in [9.17, 15) is 9.59 Å². The number of aryl methyl sites for hydroxylation is 2. The van der Waals surface area contributed by atoms with Gasteiger partial charge in [0.15, 0.2) is 10.8 Å². The molecule has 1 N–H and O–H groups in total. The zero-order chi connectivity index (χ0) is 18.7. The van der Waals surface area contributed by atoms with Crippen LogP contribution < -0.4 is 10.9 Å². The second-order valence-corrected chi connectivity index (χ2v) is 7.08. The minimum Gasteiger partial charge on any atom is -0.325 e. The van der Waals surface area contributed by atoms with E-state index in [0.29, 0.717) is 21.9 Å². The van der Waals surface area contributed by atoms with E-state index < -0.39 is 0 Å². The maximum atomic E-state index is 12.5. The van der Waals surface area contributed by atoms with Gasteiger partial charge in [0.2, 0.25) is 5.91 Å². The summed E-state index contributed by atoms with van der Waals surface area (Å²) in [5.74, 6) is 0.539. The Balaban J connectivity index is 1.80. The first-order valence-corrected chi connectivity index (χ1v) is 9.18. The summed E-state index contributed by atoms with van der Waals surface area (Å²) < 4.78 is 1.26. The van der Waals surface area contributed by atoms with E-state index in [1.165, 1.54) is 28.9 Å². The van der Waals surface area contributed by atoms with Gasteiger partial charge in [-0.1, -0.05) is 24.8 Å². The quantitative estimate of drug-likeness (QED) is 0.549. The van der Waals surface area contributed by atoms with Crippen LogP contribution in [-0.4, -0.2) is 31.2 Å². The fourth-order valence-electron chi connectivity index (χ4n) is 2.42. The molecule has 0 atom stereocenters. The summed E-state index contributed by atoms with van der Waals surface area (Å²) in [5.41, 5.74) is 2.94. The largest absolute Gasteiger partial charge is 0.325 e. The maximum absolute atomic E-state index is 12.5. The number of carbonyl (C=O) groups excluding carboxylic acids is 1. The average molecular weight is 369 g/mol. The van der Waals surface area contributed by atoms with Crippen molar-refractivity contribution in [2.75, 3.05) is 11.1 Å². The van der Waals surface area contributed by atoms with E-state index in [1.807, 2.05) is 39.0 Å². The molecule has 0 aliphatic carbocycles. The molecule has 2 aromatic heterocycles. The van der Waals surface area contributed by atoms with Crippen molar-refractivity contribution in [3.8, 4) is 0 Å². The summed E-state index contributed by atoms with van der Waals surface area (Å²) >= 11 is 1.48. The second kappa shape index (κ2) is 7.65. The first kappa shape index (κ1) is 18.1. The highest BCUT2D eigenvalue weighted by atomic mass is 32.2. The third-order valence-corrected chi connectivity index (χ3v) is 4.68. The van der Waals surface area contributed by atoms with Gasteiger partial charge >= 0.3 is 0 Å². The topological polar surface area (TPSA) is 89.8 Å². The van der Waals surface area contributed by atoms with Gasteiger partial charge < -0.3 is 5.32 Å². The van der Waals surface area contributed by atoms with Crippen LogP contribution in [0.5, 0.6) is 0 Å². The fourth-order valence-corrected chi connectivity index (χ4v) is 2.96. The molecule has 134 valence electrons. The molecule has 0 aliphatic rings. The van der Waals surface area contributed by atoms with E-state index >= 15 is 0 Å². The molecule has 0 saturated heterocycles. The molecule has 8 heteroatoms. The number of anilines is 1. The van der Waals surface area contributed by atoms with Gasteiger partial charge in [-0.25, -0.2) is 15.0 Å². The second-order valence-electron chi connectivity index (χ2n) is 5.85. The molecule has 0 radical (unpaired) electrons. The minimum atomic E-state index is -0.335. The van der Waals surface area contributed by atoms with Crippen molar-refractivity contribution in [3.05, 3.63) is 52.2 Å². The van der Waals surface area contributed by atoms with Crippen LogP contribution in [0.4, 0.5) is 5.69 Å². The van der Waals surface area contributed by atoms with Gasteiger partial charge in [-0.2, -0.15) is 0 Å². The van der Waals surface area contributed by atoms with Crippen LogP contribution in [0, 0.1) is 13.8 Å². The lowest BCUT2D eigenvalue weighted by molar-refractivity contribution is -0.116. The van der Waals surface area contributed by atoms with Crippen LogP contribution in [0.15, 0.2) is 40.7 Å². The summed E-state index contributed by atoms with van der Waals surface area (Å²) in [5, 5.41) is 3.68. The Labute approximate surface area is 154 Å². The van der Waals surface area contributed by atoms with Gasteiger partial charge in [0, 0.05) is 11.9 Å². The zero-order valence-corrected chi connectivity index (χ0v) is 15.6. The molecule has 0 aliphatic heterocycles. The molecular formula is C18H19N5O2S. The van der Waals surface area contributed by atoms with Crippen LogP contribution in [-0.2, 0) is 11.3 Å². The first-order chi connectivity index (χ1) is 12.5. The highest BCUT2D eigenvalue weighted by Crippen LogP contribution is 2.15. The van der Waals surface area contributed by atoms with Crippen molar-refractivity contribution >= 4 is 34.4 Å². The predicted molar refractivity (Wildman–Crippen MR) is 103 cm³/mol. The minimum absolute atomic E-state index is 0.125. The lowest BCUT2D eigenvalue weighted by Gasteiger charge is -2.09. The third-order valence-electron chi connectivity index (χ3n) is 3.94. The summed E-state index contributed by atoms with van der Waals surface area (Å²) in [6, 6.07) is 5.68. The van der Waals surface area contributed by atoms with Gasteiger partial charge in [-0.15, -0.1) is 0 Å². The van der Waals surface area contributed by atoms with Gasteiger partial charge in [0.05, 0.1) is 0 Å². The maximum Gasteiger partial charge on any atom is 0.264 e. The summed E-state index contributed by atoms with van der Waals surface area (Å²) in [7, 11) is 0. The molecule has 7 nitrogen and oxygen atoms in total. The Morgan fingerprint density at radius 3 is 2.77 bits per heavy atom. The number of nitrogens with zero attached hydrogens (tertiary/aromatic N) is 4. The summed E-state index contributed by atoms with van der Waals surface area (Å²) in [6.45, 7) is 5.86. The molecule has 1 amide bonds. The molecule has 0 fully saturated rings. The molecule has 2 heterocycles. The third kappa shape index (κ3) is 3.91. The van der Waals surface area contributed by atoms with Gasteiger partial charge in [0.25, 0.3) is 5.56 Å². The van der Waals surface area contributed by atoms with Crippen LogP contribution >= 0.6 is 11.8 Å². The number of nitrogens with one attached hydrogen (secondary N) is 1. The number of carbonyl (C=O) groups is 1. The number of rotatable bonds is 5. The molecule has 0 unspecified atom stereocenters. The number of hydrogen-bond donors (Lipinski definition) is 1. The van der Waals surface area contributed by atoms with E-state index in [-0.39, 0.29) is 18.0 Å². The number of aromatic nitrogens is 4. The zero-order valence-electron chi connectivity index (χ0n) is 14.8. The van der Waals surface area contributed by atoms with Crippen molar-refractivity contribution in [1.82, 2.24) is 19.5 Å². The Bertz CT molecular complexity index is 1030. The molecule has 3 aromatic rings. The highest BCUT2D eigenvalue weighted by Gasteiger charge is 2.11. The summed E-state index contributed by atoms with van der Waals surface area (Å²) in [6.07, 6.45) is 2.81. The number of fused-ring (bicyclic) bond motifs is 1. The summed E-state index contributed by atoms with van der Waals surface area (Å²) in [4.78, 5) is 37.4. The predicted octanol–water partition coefficient (Wildman–Crippen LogP) is 2.55. The van der Waals surface area contributed by atoms with Crippen molar-refractivity contribution in [3.63, 3.8) is 0 Å². The first-order valence-electron chi connectivity index (χ1n) is 8.20. The van der Waals surface area contributed by atoms with Crippen LogP contribution in [0.25, 0.3) is 11.0 Å². The van der Waals surface area contributed by atoms with E-state index in [0.717, 1.165) is 16.9 Å². The number of amides is 1. The van der Waals surface area contributed by atoms with Crippen LogP contribution in [0.3, 0.4) is 0 Å². The van der Waals surface area contributed by atoms with E-state index in [4.69, 9.17) is 0 Å². The lowest BCUT2D eigenvalue weighted by atomic mass is 10.1. The van der Waals surface area contributed by atoms with Gasteiger partial charge in [-0.05, 0) is 42.9 Å². The SMILES string of the molecule is CCSc1ncc2c(=O)n(CC(=O)Nc3ccc(C)c(C)c3)cnc2n1. The molecule has 1 aromatic carbocycles. The molecular weight excluding hydrogens is 350 g/mol. The molecule has 0 bridgehead atoms. The Hall–Kier alpha value is -2.74. The standard InChI is InChI=1S/C18H19N5O2S/c1-4-26-18-19-8-14-16(22-18)20-10-23(17(14)25)9-15(24)21-13-6-5-11(2)12(3)7-13/h5-8,10H,4,9H2,1-3H3,(H,21,24). The van der Waals surface area contributed by atoms with Crippen LogP contribution in [0.2, 0.25) is 0 Å². The normalized spacial score (nSPS) is 10.9. The van der Waals surface area contributed by atoms with Gasteiger partial charge in [0.1, 0.15) is 18.3 Å². The van der Waals surface area contributed by atoms with Crippen molar-refractivity contribution in [1.29, 1.82) is 0 Å². The smallest absolute Gasteiger partial charge is 0.264 e. The van der Waals surface area contributed by atoms with Crippen molar-refractivity contribution in [2.24, 2.45) is 0 Å². The Morgan fingerprint density at radius 1 is 1.23 bits per heavy atom. The number of thioether (sulfide) groups is 1. The molecule has 3 rings (SSSR count). The monoisotopic (exact) mass is 369 g/mol. The van der Waals surface area contributed by atoms with Gasteiger partial charge in [-0.3, -0.25) is 14.2 Å². The Morgan fingerprint density at radius 2 is 2.04 bits per heavy atom. The molecule has 0 saturated carbocycles. The van der Waals surface area contributed by atoms with E-state index in [1.54, 1.807) is 0 Å². The van der Waals surface area contributed by atoms with Crippen LogP contribution in [0.1, 0.15) is 18.1 Å². The number of benzene rings is 1. The fraction of sp³-hybridized carbons (Fsp3) is 0.278. The van der Waals surface area contributed by atoms with Crippen molar-refractivity contribution < 1.29 is 4.79 Å². The Kier molecular flexibility index (Phi) is 5.32. The number of hydrogen-bond acceptors (Lipinski definition) is 6.